The van der Waals surface area contributed by atoms with Gasteiger partial charge in [-0.1, -0.05) is 0 Å². The van der Waals surface area contributed by atoms with Crippen LogP contribution in [0.1, 0.15) is 17.4 Å². The molecule has 0 aliphatic carbocycles. The van der Waals surface area contributed by atoms with Gasteiger partial charge < -0.3 is 24.5 Å². The summed E-state index contributed by atoms with van der Waals surface area (Å²) >= 11 is 0. The van der Waals surface area contributed by atoms with E-state index in [1.165, 1.54) is 22.9 Å². The molecule has 9 nitrogen and oxygen atoms in total. The van der Waals surface area contributed by atoms with Crippen LogP contribution in [0.2, 0.25) is 0 Å². The maximum Gasteiger partial charge on any atom is 0.365 e. The lowest BCUT2D eigenvalue weighted by Crippen LogP contribution is -2.53. The number of fused-ring (bicyclic) bond motifs is 1. The van der Waals surface area contributed by atoms with E-state index in [4.69, 9.17) is 9.63 Å². The molecule has 21 heavy (non-hydrogen) atoms. The minimum absolute atomic E-state index is 0.107. The average molecular weight is 317 g/mol. The molecule has 0 fully saturated rings. The van der Waals surface area contributed by atoms with Crippen molar-refractivity contribution in [3.05, 3.63) is 28.2 Å². The molecule has 0 saturated carbocycles. The van der Waals surface area contributed by atoms with Crippen LogP contribution in [0.25, 0.3) is 0 Å². The van der Waals surface area contributed by atoms with Gasteiger partial charge in [-0.25, -0.2) is 4.57 Å². The van der Waals surface area contributed by atoms with Gasteiger partial charge in [0.15, 0.2) is 5.69 Å². The Morgan fingerprint density at radius 1 is 1.48 bits per heavy atom. The second-order valence-electron chi connectivity index (χ2n) is 4.39. The van der Waals surface area contributed by atoms with E-state index < -0.39 is 25.3 Å². The number of carbonyl (C=O) groups excluding carboxylic acids is 1. The lowest BCUT2D eigenvalue weighted by atomic mass is 10.2. The molecule has 2 atom stereocenters. The number of aromatic nitrogens is 1. The Hall–Kier alpha value is -1.83. The smallest absolute Gasteiger partial charge is 0.365 e. The quantitative estimate of drug-likeness (QED) is 0.711. The van der Waals surface area contributed by atoms with Gasteiger partial charge in [-0.05, 0) is 6.92 Å². The molecule has 116 valence electrons. The van der Waals surface area contributed by atoms with Crippen LogP contribution in [-0.4, -0.2) is 46.8 Å². The molecule has 2 heterocycles. The molecule has 1 aromatic rings. The van der Waals surface area contributed by atoms with Crippen molar-refractivity contribution < 1.29 is 23.5 Å². The number of methoxy groups -OCH3 is 1. The zero-order valence-electron chi connectivity index (χ0n) is 11.5. The van der Waals surface area contributed by atoms with Gasteiger partial charge in [0.25, 0.3) is 5.91 Å². The predicted molar refractivity (Wildman–Crippen MR) is 74.3 cm³/mol. The highest BCUT2D eigenvalue weighted by atomic mass is 31.1. The first kappa shape index (κ1) is 15.6. The summed E-state index contributed by atoms with van der Waals surface area (Å²) in [6.45, 7) is 2.39. The number of carbonyl (C=O) groups is 1. The van der Waals surface area contributed by atoms with E-state index in [-0.39, 0.29) is 11.9 Å². The van der Waals surface area contributed by atoms with E-state index in [2.05, 4.69) is 9.95 Å². The highest BCUT2D eigenvalue weighted by Crippen LogP contribution is 2.26. The van der Waals surface area contributed by atoms with Gasteiger partial charge in [-0.2, -0.15) is 0 Å². The molecule has 1 unspecified atom stereocenters. The second-order valence-corrected chi connectivity index (χ2v) is 5.13. The van der Waals surface area contributed by atoms with E-state index in [1.807, 2.05) is 0 Å². The predicted octanol–water partition coefficient (Wildman–Crippen LogP) is -0.399. The molecule has 1 aliphatic heterocycles. The Kier molecular flexibility index (Phi) is 4.66. The van der Waals surface area contributed by atoms with Crippen molar-refractivity contribution in [1.29, 1.82) is 0 Å². The van der Waals surface area contributed by atoms with Crippen LogP contribution < -0.4 is 15.4 Å². The first-order valence-electron chi connectivity index (χ1n) is 6.18. The molecule has 2 N–H and O–H groups in total. The zero-order chi connectivity index (χ0) is 15.6. The van der Waals surface area contributed by atoms with Crippen molar-refractivity contribution in [3.8, 4) is 5.75 Å². The summed E-state index contributed by atoms with van der Waals surface area (Å²) < 4.78 is 21.8. The number of rotatable bonds is 5. The maximum atomic E-state index is 12.5. The highest BCUT2D eigenvalue weighted by Gasteiger charge is 2.33. The third-order valence-corrected chi connectivity index (χ3v) is 3.42. The standard InChI is InChI=1S/C11H16N3O6P/c1-7-12-14-4-3-8(15)10(20-21(17)18)9(14)11(16)13(7)5-6-19-2/h3-4,7,12,21H,5-6H2,1-2H3,(H,17,18)/t7-/m0/s1. The van der Waals surface area contributed by atoms with Crippen LogP contribution in [0.3, 0.4) is 0 Å². The van der Waals surface area contributed by atoms with Crippen molar-refractivity contribution >= 4 is 14.2 Å². The number of ether oxygens (including phenoxy) is 1. The second kappa shape index (κ2) is 6.30. The first-order chi connectivity index (χ1) is 9.95. The third-order valence-electron chi connectivity index (χ3n) is 3.04. The minimum atomic E-state index is -3.40. The molecule has 1 aromatic heterocycles. The van der Waals surface area contributed by atoms with Crippen molar-refractivity contribution in [1.82, 2.24) is 9.58 Å². The Bertz CT molecular complexity index is 631. The summed E-state index contributed by atoms with van der Waals surface area (Å²) in [5.74, 6) is -0.912. The van der Waals surface area contributed by atoms with Gasteiger partial charge in [0.05, 0.1) is 6.61 Å². The molecule has 10 heteroatoms. The number of hydrogen-bond acceptors (Lipinski definition) is 6. The number of hydrogen-bond donors (Lipinski definition) is 2. The fourth-order valence-electron chi connectivity index (χ4n) is 2.08. The first-order valence-corrected chi connectivity index (χ1v) is 7.45. The molecular weight excluding hydrogens is 301 g/mol. The number of nitrogens with one attached hydrogen (secondary N) is 1. The zero-order valence-corrected chi connectivity index (χ0v) is 12.5. The molecule has 2 rings (SSSR count). The summed E-state index contributed by atoms with van der Waals surface area (Å²) in [5.41, 5.74) is 2.22. The van der Waals surface area contributed by atoms with Crippen LogP contribution in [0.5, 0.6) is 5.75 Å². The summed E-state index contributed by atoms with van der Waals surface area (Å²) in [5, 5.41) is 0. The summed E-state index contributed by atoms with van der Waals surface area (Å²) in [6.07, 6.45) is 1.04. The van der Waals surface area contributed by atoms with E-state index in [0.717, 1.165) is 6.07 Å². The third kappa shape index (κ3) is 3.10. The van der Waals surface area contributed by atoms with Crippen molar-refractivity contribution in [2.75, 3.05) is 25.7 Å². The fraction of sp³-hybridized carbons (Fsp3) is 0.455. The normalized spacial score (nSPS) is 18.9. The van der Waals surface area contributed by atoms with Crippen LogP contribution in [0, 0.1) is 0 Å². The van der Waals surface area contributed by atoms with Gasteiger partial charge in [-0.15, -0.1) is 0 Å². The molecule has 0 spiro atoms. The van der Waals surface area contributed by atoms with E-state index >= 15 is 0 Å². The van der Waals surface area contributed by atoms with Gasteiger partial charge in [-0.3, -0.25) is 14.3 Å². The van der Waals surface area contributed by atoms with Crippen molar-refractivity contribution in [2.24, 2.45) is 0 Å². The summed E-state index contributed by atoms with van der Waals surface area (Å²) in [7, 11) is -1.89. The molecule has 0 bridgehead atoms. The van der Waals surface area contributed by atoms with Gasteiger partial charge in [0.1, 0.15) is 6.17 Å². The Morgan fingerprint density at radius 2 is 2.19 bits per heavy atom. The molecule has 0 aromatic carbocycles. The van der Waals surface area contributed by atoms with Gasteiger partial charge >= 0.3 is 8.25 Å². The number of nitrogens with zero attached hydrogens (tertiary/aromatic N) is 2. The van der Waals surface area contributed by atoms with Crippen LogP contribution in [-0.2, 0) is 9.30 Å². The molecule has 1 aliphatic rings. The van der Waals surface area contributed by atoms with Gasteiger partial charge in [0.2, 0.25) is 11.2 Å². The molecule has 0 saturated heterocycles. The van der Waals surface area contributed by atoms with E-state index in [0.29, 0.717) is 13.2 Å². The molecular formula is C11H16N3O6P. The van der Waals surface area contributed by atoms with Crippen molar-refractivity contribution in [3.63, 3.8) is 0 Å². The maximum absolute atomic E-state index is 12.5. The lowest BCUT2D eigenvalue weighted by Gasteiger charge is -2.37. The topological polar surface area (TPSA) is 110 Å². The van der Waals surface area contributed by atoms with E-state index in [9.17, 15) is 14.2 Å². The van der Waals surface area contributed by atoms with Crippen molar-refractivity contribution in [2.45, 2.75) is 13.1 Å². The average Bonchev–Trinajstić information content (AvgIpc) is 2.41. The monoisotopic (exact) mass is 317 g/mol. The van der Waals surface area contributed by atoms with Crippen LogP contribution in [0.15, 0.2) is 17.1 Å². The van der Waals surface area contributed by atoms with Crippen LogP contribution in [0.4, 0.5) is 0 Å². The Morgan fingerprint density at radius 3 is 2.81 bits per heavy atom. The summed E-state index contributed by atoms with van der Waals surface area (Å²) in [4.78, 5) is 34.6. The van der Waals surface area contributed by atoms with Crippen LogP contribution >= 0.6 is 8.25 Å². The number of amides is 1. The Labute approximate surface area is 121 Å². The Balaban J connectivity index is 2.47. The SMILES string of the molecule is COCCN1C(=O)c2c(O[PH](=O)O)c(=O)ccn2N[C@@H]1C. The fourth-order valence-corrected chi connectivity index (χ4v) is 2.45. The molecule has 1 amide bonds. The van der Waals surface area contributed by atoms with E-state index in [1.54, 1.807) is 6.92 Å². The van der Waals surface area contributed by atoms with Gasteiger partial charge in [0, 0.05) is 25.9 Å². The lowest BCUT2D eigenvalue weighted by molar-refractivity contribution is 0.0579. The number of pyridine rings is 1. The molecule has 0 radical (unpaired) electrons. The largest absolute Gasteiger partial charge is 0.420 e. The highest BCUT2D eigenvalue weighted by molar-refractivity contribution is 7.32. The minimum Gasteiger partial charge on any atom is -0.420 e. The summed E-state index contributed by atoms with van der Waals surface area (Å²) in [6, 6.07) is 1.15.